The lowest BCUT2D eigenvalue weighted by Crippen LogP contribution is -2.18. The molecule has 0 aliphatic carbocycles. The number of ketones is 1. The Morgan fingerprint density at radius 3 is 2.63 bits per heavy atom. The third-order valence-electron chi connectivity index (χ3n) is 2.49. The average molecular weight is 277 g/mol. The zero-order valence-electron chi connectivity index (χ0n) is 9.63. The van der Waals surface area contributed by atoms with Crippen LogP contribution in [-0.4, -0.2) is 21.8 Å². The summed E-state index contributed by atoms with van der Waals surface area (Å²) in [6.45, 7) is 0. The SMILES string of the molecule is NC(=O)c1cccnc1C(=O)c1cc(Cl)ccc1O. The zero-order valence-corrected chi connectivity index (χ0v) is 10.4. The van der Waals surface area contributed by atoms with Crippen molar-refractivity contribution in [2.24, 2.45) is 5.73 Å². The van der Waals surface area contributed by atoms with Gasteiger partial charge in [-0.25, -0.2) is 0 Å². The molecule has 5 nitrogen and oxygen atoms in total. The van der Waals surface area contributed by atoms with Crippen LogP contribution in [-0.2, 0) is 0 Å². The van der Waals surface area contributed by atoms with Gasteiger partial charge < -0.3 is 10.8 Å². The summed E-state index contributed by atoms with van der Waals surface area (Å²) >= 11 is 5.78. The van der Waals surface area contributed by atoms with Gasteiger partial charge in [-0.3, -0.25) is 14.6 Å². The number of phenols is 1. The van der Waals surface area contributed by atoms with E-state index in [-0.39, 0.29) is 27.6 Å². The van der Waals surface area contributed by atoms with Crippen molar-refractivity contribution in [1.29, 1.82) is 0 Å². The quantitative estimate of drug-likeness (QED) is 0.836. The number of aromatic nitrogens is 1. The molecule has 1 heterocycles. The van der Waals surface area contributed by atoms with Crippen molar-refractivity contribution in [3.05, 3.63) is 58.4 Å². The van der Waals surface area contributed by atoms with E-state index in [1.807, 2.05) is 0 Å². The molecule has 0 atom stereocenters. The van der Waals surface area contributed by atoms with Crippen LogP contribution >= 0.6 is 11.6 Å². The third-order valence-corrected chi connectivity index (χ3v) is 2.73. The first-order valence-corrected chi connectivity index (χ1v) is 5.66. The van der Waals surface area contributed by atoms with E-state index < -0.39 is 11.7 Å². The summed E-state index contributed by atoms with van der Waals surface area (Å²) in [6, 6.07) is 6.93. The van der Waals surface area contributed by atoms with Crippen molar-refractivity contribution in [2.75, 3.05) is 0 Å². The molecule has 19 heavy (non-hydrogen) atoms. The minimum absolute atomic E-state index is 0.00752. The second-order valence-corrected chi connectivity index (χ2v) is 4.19. The molecule has 2 aromatic rings. The number of primary amides is 1. The van der Waals surface area contributed by atoms with Gasteiger partial charge in [-0.1, -0.05) is 11.6 Å². The van der Waals surface area contributed by atoms with Gasteiger partial charge >= 0.3 is 0 Å². The standard InChI is InChI=1S/C13H9ClN2O3/c14-7-3-4-10(17)9(6-7)12(18)11-8(13(15)19)2-1-5-16-11/h1-6,17H,(H2,15,19). The Hall–Kier alpha value is -2.40. The molecule has 1 aromatic heterocycles. The number of rotatable bonds is 3. The summed E-state index contributed by atoms with van der Waals surface area (Å²) in [6.07, 6.45) is 1.36. The molecule has 0 radical (unpaired) electrons. The first kappa shape index (κ1) is 13.0. The minimum Gasteiger partial charge on any atom is -0.507 e. The summed E-state index contributed by atoms with van der Waals surface area (Å²) in [7, 11) is 0. The van der Waals surface area contributed by atoms with Crippen molar-refractivity contribution < 1.29 is 14.7 Å². The van der Waals surface area contributed by atoms with Crippen LogP contribution < -0.4 is 5.73 Å². The van der Waals surface area contributed by atoms with Crippen LogP contribution in [0.4, 0.5) is 0 Å². The Balaban J connectivity index is 2.56. The van der Waals surface area contributed by atoms with E-state index in [1.54, 1.807) is 0 Å². The van der Waals surface area contributed by atoms with Gasteiger partial charge in [0, 0.05) is 11.2 Å². The van der Waals surface area contributed by atoms with Gasteiger partial charge in [0.25, 0.3) is 5.91 Å². The Kier molecular flexibility index (Phi) is 3.48. The third kappa shape index (κ3) is 2.56. The predicted octanol–water partition coefficient (Wildman–Crippen LogP) is 1.77. The molecule has 0 aliphatic heterocycles. The summed E-state index contributed by atoms with van der Waals surface area (Å²) in [5, 5.41) is 9.96. The molecular formula is C13H9ClN2O3. The highest BCUT2D eigenvalue weighted by Gasteiger charge is 2.20. The number of hydrogen-bond acceptors (Lipinski definition) is 4. The summed E-state index contributed by atoms with van der Waals surface area (Å²) in [5.41, 5.74) is 5.02. The normalized spacial score (nSPS) is 10.2. The molecule has 0 saturated heterocycles. The lowest BCUT2D eigenvalue weighted by molar-refractivity contribution is 0.0977. The first-order chi connectivity index (χ1) is 9.00. The molecule has 0 saturated carbocycles. The number of nitrogens with two attached hydrogens (primary N) is 1. The molecule has 3 N–H and O–H groups in total. The maximum absolute atomic E-state index is 12.3. The fourth-order valence-electron chi connectivity index (χ4n) is 1.60. The molecule has 0 aliphatic rings. The number of pyridine rings is 1. The van der Waals surface area contributed by atoms with Crippen LogP contribution in [0.25, 0.3) is 0 Å². The minimum atomic E-state index is -0.766. The van der Waals surface area contributed by atoms with E-state index in [9.17, 15) is 14.7 Å². The van der Waals surface area contributed by atoms with Crippen LogP contribution in [0.3, 0.4) is 0 Å². The second-order valence-electron chi connectivity index (χ2n) is 3.75. The lowest BCUT2D eigenvalue weighted by atomic mass is 10.0. The molecule has 1 aromatic carbocycles. The monoisotopic (exact) mass is 276 g/mol. The van der Waals surface area contributed by atoms with E-state index in [0.717, 1.165) is 0 Å². The van der Waals surface area contributed by atoms with Crippen molar-refractivity contribution in [3.63, 3.8) is 0 Å². The number of halogens is 1. The van der Waals surface area contributed by atoms with E-state index in [2.05, 4.69) is 4.98 Å². The zero-order chi connectivity index (χ0) is 14.0. The molecule has 0 unspecified atom stereocenters. The van der Waals surface area contributed by atoms with Crippen molar-refractivity contribution >= 4 is 23.3 Å². The highest BCUT2D eigenvalue weighted by molar-refractivity contribution is 6.31. The highest BCUT2D eigenvalue weighted by atomic mass is 35.5. The first-order valence-electron chi connectivity index (χ1n) is 5.28. The predicted molar refractivity (Wildman–Crippen MR) is 69.3 cm³/mol. The fraction of sp³-hybridized carbons (Fsp3) is 0. The van der Waals surface area contributed by atoms with Crippen molar-refractivity contribution in [2.45, 2.75) is 0 Å². The van der Waals surface area contributed by atoms with Gasteiger partial charge in [-0.2, -0.15) is 0 Å². The van der Waals surface area contributed by atoms with Crippen molar-refractivity contribution in [3.8, 4) is 5.75 Å². The van der Waals surface area contributed by atoms with Gasteiger partial charge in [0.2, 0.25) is 5.78 Å². The molecule has 0 spiro atoms. The molecule has 96 valence electrons. The smallest absolute Gasteiger partial charge is 0.251 e. The number of nitrogens with zero attached hydrogens (tertiary/aromatic N) is 1. The highest BCUT2D eigenvalue weighted by Crippen LogP contribution is 2.24. The van der Waals surface area contributed by atoms with Crippen LogP contribution in [0.5, 0.6) is 5.75 Å². The number of carbonyl (C=O) groups excluding carboxylic acids is 2. The van der Waals surface area contributed by atoms with Gasteiger partial charge in [-0.05, 0) is 30.3 Å². The molecular weight excluding hydrogens is 268 g/mol. The number of aromatic hydroxyl groups is 1. The Morgan fingerprint density at radius 2 is 1.95 bits per heavy atom. The molecule has 0 fully saturated rings. The van der Waals surface area contributed by atoms with Crippen LogP contribution in [0.15, 0.2) is 36.5 Å². The molecule has 6 heteroatoms. The largest absolute Gasteiger partial charge is 0.507 e. The molecule has 2 rings (SSSR count). The van der Waals surface area contributed by atoms with Crippen LogP contribution in [0.1, 0.15) is 26.4 Å². The van der Waals surface area contributed by atoms with Crippen molar-refractivity contribution in [1.82, 2.24) is 4.98 Å². The maximum atomic E-state index is 12.3. The summed E-state index contributed by atoms with van der Waals surface area (Å²) < 4.78 is 0. The number of hydrogen-bond donors (Lipinski definition) is 2. The Morgan fingerprint density at radius 1 is 1.21 bits per heavy atom. The topological polar surface area (TPSA) is 93.3 Å². The van der Waals surface area contributed by atoms with E-state index in [4.69, 9.17) is 17.3 Å². The number of amides is 1. The summed E-state index contributed by atoms with van der Waals surface area (Å²) in [5.74, 6) is -1.62. The maximum Gasteiger partial charge on any atom is 0.251 e. The van der Waals surface area contributed by atoms with E-state index in [1.165, 1.54) is 36.5 Å². The second kappa shape index (κ2) is 5.07. The summed E-state index contributed by atoms with van der Waals surface area (Å²) in [4.78, 5) is 27.3. The Labute approximate surface area is 113 Å². The van der Waals surface area contributed by atoms with Gasteiger partial charge in [0.1, 0.15) is 11.4 Å². The van der Waals surface area contributed by atoms with Gasteiger partial charge in [0.15, 0.2) is 0 Å². The van der Waals surface area contributed by atoms with Gasteiger partial charge in [0.05, 0.1) is 11.1 Å². The fourth-order valence-corrected chi connectivity index (χ4v) is 1.77. The lowest BCUT2D eigenvalue weighted by Gasteiger charge is -2.06. The average Bonchev–Trinajstić information content (AvgIpc) is 2.40. The Bertz CT molecular complexity index is 671. The van der Waals surface area contributed by atoms with Gasteiger partial charge in [-0.15, -0.1) is 0 Å². The molecule has 1 amide bonds. The number of carbonyl (C=O) groups is 2. The number of phenolic OH excluding ortho intramolecular Hbond substituents is 1. The molecule has 0 bridgehead atoms. The number of benzene rings is 1. The van der Waals surface area contributed by atoms with Crippen LogP contribution in [0, 0.1) is 0 Å². The van der Waals surface area contributed by atoms with E-state index >= 15 is 0 Å². The van der Waals surface area contributed by atoms with Crippen LogP contribution in [0.2, 0.25) is 5.02 Å². The van der Waals surface area contributed by atoms with E-state index in [0.29, 0.717) is 0 Å².